The van der Waals surface area contributed by atoms with E-state index in [0.29, 0.717) is 12.3 Å². The molecule has 0 saturated carbocycles. The lowest BCUT2D eigenvalue weighted by Gasteiger charge is -2.10. The second-order valence-electron chi connectivity index (χ2n) is 6.26. The molecule has 1 heterocycles. The summed E-state index contributed by atoms with van der Waals surface area (Å²) in [6.45, 7) is 3.73. The third kappa shape index (κ3) is 4.73. The highest BCUT2D eigenvalue weighted by atomic mass is 16.6. The average Bonchev–Trinajstić information content (AvgIpc) is 3.17. The molecule has 0 bridgehead atoms. The third-order valence-corrected chi connectivity index (χ3v) is 4.19. The fourth-order valence-corrected chi connectivity index (χ4v) is 2.66. The van der Waals surface area contributed by atoms with Crippen LogP contribution in [0.15, 0.2) is 52.9 Å². The van der Waals surface area contributed by atoms with Crippen LogP contribution in [-0.2, 0) is 16.0 Å². The van der Waals surface area contributed by atoms with E-state index in [1.165, 1.54) is 0 Å². The number of rotatable bonds is 7. The van der Waals surface area contributed by atoms with Crippen molar-refractivity contribution in [1.82, 2.24) is 10.2 Å². The van der Waals surface area contributed by atoms with E-state index in [1.807, 2.05) is 55.5 Å². The van der Waals surface area contributed by atoms with E-state index in [4.69, 9.17) is 13.9 Å². The number of nitrogens with zero attached hydrogens (tertiary/aromatic N) is 2. The Morgan fingerprint density at radius 1 is 1.11 bits per heavy atom. The van der Waals surface area contributed by atoms with Gasteiger partial charge in [0.2, 0.25) is 5.89 Å². The zero-order chi connectivity index (χ0) is 19.2. The first-order valence-corrected chi connectivity index (χ1v) is 8.78. The average molecular weight is 366 g/mol. The molecule has 6 nitrogen and oxygen atoms in total. The molecule has 0 aliphatic heterocycles. The van der Waals surface area contributed by atoms with Crippen LogP contribution >= 0.6 is 0 Å². The highest BCUT2D eigenvalue weighted by Gasteiger charge is 2.19. The Morgan fingerprint density at radius 2 is 1.85 bits per heavy atom. The van der Waals surface area contributed by atoms with E-state index >= 15 is 0 Å². The standard InChI is InChI=1S/C21H22N2O4/c1-14-8-10-17(11-9-14)21-23-22-20(27-21)15(2)26-19(24)13-12-16-6-4-5-7-18(16)25-3/h4-11,15H,12-13H2,1-3H3. The minimum absolute atomic E-state index is 0.240. The highest BCUT2D eigenvalue weighted by molar-refractivity contribution is 5.70. The molecule has 0 N–H and O–H groups in total. The van der Waals surface area contributed by atoms with Gasteiger partial charge in [0, 0.05) is 12.0 Å². The molecule has 1 unspecified atom stereocenters. The molecule has 1 atom stereocenters. The largest absolute Gasteiger partial charge is 0.496 e. The molecule has 0 aliphatic rings. The summed E-state index contributed by atoms with van der Waals surface area (Å²) in [7, 11) is 1.61. The van der Waals surface area contributed by atoms with E-state index in [-0.39, 0.29) is 18.3 Å². The Balaban J connectivity index is 1.57. The van der Waals surface area contributed by atoms with Gasteiger partial charge < -0.3 is 13.9 Å². The molecule has 27 heavy (non-hydrogen) atoms. The van der Waals surface area contributed by atoms with Crippen LogP contribution in [-0.4, -0.2) is 23.3 Å². The lowest BCUT2D eigenvalue weighted by Crippen LogP contribution is -2.10. The fourth-order valence-electron chi connectivity index (χ4n) is 2.66. The summed E-state index contributed by atoms with van der Waals surface area (Å²) in [5, 5.41) is 8.04. The van der Waals surface area contributed by atoms with Crippen molar-refractivity contribution in [2.24, 2.45) is 0 Å². The first-order valence-electron chi connectivity index (χ1n) is 8.78. The maximum atomic E-state index is 12.2. The number of carbonyl (C=O) groups is 1. The second kappa shape index (κ2) is 8.49. The maximum absolute atomic E-state index is 12.2. The van der Waals surface area contributed by atoms with Crippen LogP contribution in [0.4, 0.5) is 0 Å². The Bertz CT molecular complexity index is 903. The zero-order valence-electron chi connectivity index (χ0n) is 15.6. The summed E-state index contributed by atoms with van der Waals surface area (Å²) in [4.78, 5) is 12.2. The van der Waals surface area contributed by atoms with Crippen LogP contribution in [0.3, 0.4) is 0 Å². The Kier molecular flexibility index (Phi) is 5.86. The van der Waals surface area contributed by atoms with Crippen LogP contribution in [0.2, 0.25) is 0 Å². The van der Waals surface area contributed by atoms with Crippen LogP contribution in [0.1, 0.15) is 36.5 Å². The van der Waals surface area contributed by atoms with E-state index in [0.717, 1.165) is 22.4 Å². The van der Waals surface area contributed by atoms with Crippen LogP contribution in [0, 0.1) is 6.92 Å². The molecule has 0 saturated heterocycles. The molecule has 0 fully saturated rings. The first-order chi connectivity index (χ1) is 13.1. The van der Waals surface area contributed by atoms with E-state index in [2.05, 4.69) is 10.2 Å². The summed E-state index contributed by atoms with van der Waals surface area (Å²) in [5.41, 5.74) is 2.94. The van der Waals surface area contributed by atoms with Crippen LogP contribution in [0.25, 0.3) is 11.5 Å². The molecule has 1 aromatic heterocycles. The molecule has 2 aromatic carbocycles. The molecule has 0 spiro atoms. The van der Waals surface area contributed by atoms with Crippen molar-refractivity contribution >= 4 is 5.97 Å². The number of esters is 1. The minimum atomic E-state index is -0.609. The molecule has 6 heteroatoms. The van der Waals surface area contributed by atoms with Gasteiger partial charge in [-0.15, -0.1) is 10.2 Å². The number of hydrogen-bond acceptors (Lipinski definition) is 6. The van der Waals surface area contributed by atoms with E-state index < -0.39 is 6.10 Å². The van der Waals surface area contributed by atoms with Crippen molar-refractivity contribution in [3.8, 4) is 17.2 Å². The summed E-state index contributed by atoms with van der Waals surface area (Å²) in [6, 6.07) is 15.4. The quantitative estimate of drug-likeness (QED) is 0.581. The van der Waals surface area contributed by atoms with Gasteiger partial charge in [0.1, 0.15) is 5.75 Å². The first kappa shape index (κ1) is 18.6. The maximum Gasteiger partial charge on any atom is 0.306 e. The Hall–Kier alpha value is -3.15. The van der Waals surface area contributed by atoms with Crippen molar-refractivity contribution in [1.29, 1.82) is 0 Å². The van der Waals surface area contributed by atoms with Gasteiger partial charge in [-0.1, -0.05) is 35.9 Å². The predicted octanol–water partition coefficient (Wildman–Crippen LogP) is 4.29. The van der Waals surface area contributed by atoms with Gasteiger partial charge in [-0.3, -0.25) is 4.79 Å². The summed E-state index contributed by atoms with van der Waals surface area (Å²) < 4.78 is 16.4. The number of aryl methyl sites for hydroxylation is 2. The van der Waals surface area contributed by atoms with Gasteiger partial charge in [0.05, 0.1) is 7.11 Å². The lowest BCUT2D eigenvalue weighted by atomic mass is 10.1. The molecular weight excluding hydrogens is 344 g/mol. The number of benzene rings is 2. The number of methoxy groups -OCH3 is 1. The lowest BCUT2D eigenvalue weighted by molar-refractivity contribution is -0.149. The SMILES string of the molecule is COc1ccccc1CCC(=O)OC(C)c1nnc(-c2ccc(C)cc2)o1. The van der Waals surface area contributed by atoms with Crippen molar-refractivity contribution < 1.29 is 18.7 Å². The molecular formula is C21H22N2O4. The number of aromatic nitrogens is 2. The van der Waals surface area contributed by atoms with Gasteiger partial charge in [-0.25, -0.2) is 0 Å². The van der Waals surface area contributed by atoms with Crippen molar-refractivity contribution in [3.05, 3.63) is 65.5 Å². The highest BCUT2D eigenvalue weighted by Crippen LogP contribution is 2.24. The predicted molar refractivity (Wildman–Crippen MR) is 100 cm³/mol. The molecule has 0 radical (unpaired) electrons. The summed E-state index contributed by atoms with van der Waals surface area (Å²) in [5.74, 6) is 1.11. The fraction of sp³-hybridized carbons (Fsp3) is 0.286. The topological polar surface area (TPSA) is 74.5 Å². The van der Waals surface area contributed by atoms with Gasteiger partial charge in [0.15, 0.2) is 6.10 Å². The van der Waals surface area contributed by atoms with E-state index in [9.17, 15) is 4.79 Å². The molecule has 3 rings (SSSR count). The smallest absolute Gasteiger partial charge is 0.306 e. The normalized spacial score (nSPS) is 11.8. The van der Waals surface area contributed by atoms with Crippen molar-refractivity contribution in [2.45, 2.75) is 32.8 Å². The van der Waals surface area contributed by atoms with Crippen molar-refractivity contribution in [3.63, 3.8) is 0 Å². The van der Waals surface area contributed by atoms with Gasteiger partial charge in [-0.05, 0) is 44.0 Å². The second-order valence-corrected chi connectivity index (χ2v) is 6.26. The monoisotopic (exact) mass is 366 g/mol. The number of hydrogen-bond donors (Lipinski definition) is 0. The Labute approximate surface area is 158 Å². The summed E-state index contributed by atoms with van der Waals surface area (Å²) in [6.07, 6.45) is 0.166. The van der Waals surface area contributed by atoms with Gasteiger partial charge in [0.25, 0.3) is 5.89 Å². The molecule has 140 valence electrons. The Morgan fingerprint density at radius 3 is 2.59 bits per heavy atom. The van der Waals surface area contributed by atoms with Gasteiger partial charge >= 0.3 is 5.97 Å². The van der Waals surface area contributed by atoms with Crippen molar-refractivity contribution in [2.75, 3.05) is 7.11 Å². The van der Waals surface area contributed by atoms with Crippen LogP contribution in [0.5, 0.6) is 5.75 Å². The molecule has 3 aromatic rings. The van der Waals surface area contributed by atoms with Gasteiger partial charge in [-0.2, -0.15) is 0 Å². The summed E-state index contributed by atoms with van der Waals surface area (Å²) >= 11 is 0. The number of para-hydroxylation sites is 1. The van der Waals surface area contributed by atoms with Crippen LogP contribution < -0.4 is 4.74 Å². The molecule has 0 aliphatic carbocycles. The van der Waals surface area contributed by atoms with E-state index in [1.54, 1.807) is 14.0 Å². The third-order valence-electron chi connectivity index (χ3n) is 4.19. The zero-order valence-corrected chi connectivity index (χ0v) is 15.6. The number of ether oxygens (including phenoxy) is 2. The minimum Gasteiger partial charge on any atom is -0.496 e. The number of carbonyl (C=O) groups excluding carboxylic acids is 1. The molecule has 0 amide bonds.